The van der Waals surface area contributed by atoms with Crippen molar-refractivity contribution in [3.63, 3.8) is 0 Å². The van der Waals surface area contributed by atoms with E-state index in [0.717, 1.165) is 0 Å². The Balaban J connectivity index is 2.39. The summed E-state index contributed by atoms with van der Waals surface area (Å²) in [4.78, 5) is 15.2. The third kappa shape index (κ3) is 3.24. The van der Waals surface area contributed by atoms with Crippen molar-refractivity contribution in [3.8, 4) is 5.69 Å². The van der Waals surface area contributed by atoms with E-state index in [1.165, 1.54) is 18.2 Å². The van der Waals surface area contributed by atoms with Crippen LogP contribution >= 0.6 is 12.2 Å². The Morgan fingerprint density at radius 2 is 1.42 bits per heavy atom. The van der Waals surface area contributed by atoms with E-state index in [-0.39, 0.29) is 16.2 Å². The molecule has 0 amide bonds. The van der Waals surface area contributed by atoms with Gasteiger partial charge in [0, 0.05) is 0 Å². The molecule has 0 fully saturated rings. The number of para-hydroxylation sites is 1. The second-order valence-corrected chi connectivity index (χ2v) is 5.77. The predicted molar refractivity (Wildman–Crippen MR) is 84.7 cm³/mol. The summed E-state index contributed by atoms with van der Waals surface area (Å²) in [7, 11) is 0. The Hall–Kier alpha value is -2.62. The molecule has 0 aliphatic carbocycles. The summed E-state index contributed by atoms with van der Waals surface area (Å²) in [5.41, 5.74) is -4.18. The maximum atomic E-state index is 13.0. The van der Waals surface area contributed by atoms with Crippen LogP contribution in [0.4, 0.5) is 26.3 Å². The Morgan fingerprint density at radius 3 is 1.96 bits per heavy atom. The Kier molecular flexibility index (Phi) is 4.18. The number of nitrogens with zero attached hydrogens (tertiary/aromatic N) is 1. The lowest BCUT2D eigenvalue weighted by Gasteiger charge is -2.15. The third-order valence-electron chi connectivity index (χ3n) is 3.64. The quantitative estimate of drug-likeness (QED) is 0.465. The summed E-state index contributed by atoms with van der Waals surface area (Å²) >= 11 is 4.97. The van der Waals surface area contributed by atoms with Gasteiger partial charge in [-0.2, -0.15) is 26.3 Å². The van der Waals surface area contributed by atoms with Crippen LogP contribution in [-0.4, -0.2) is 9.55 Å². The molecular formula is C16H8F6N2OS. The molecule has 1 heterocycles. The lowest BCUT2D eigenvalue weighted by atomic mass is 10.1. The van der Waals surface area contributed by atoms with Crippen LogP contribution in [0, 0.1) is 4.77 Å². The molecule has 3 aromatic rings. The van der Waals surface area contributed by atoms with Crippen molar-refractivity contribution in [1.29, 1.82) is 0 Å². The molecule has 0 aliphatic heterocycles. The number of H-pyrrole nitrogens is 1. The second kappa shape index (κ2) is 5.97. The van der Waals surface area contributed by atoms with Gasteiger partial charge in [0.1, 0.15) is 0 Å². The minimum Gasteiger partial charge on any atom is -0.331 e. The minimum atomic E-state index is -5.03. The highest BCUT2D eigenvalue weighted by Crippen LogP contribution is 2.37. The highest BCUT2D eigenvalue weighted by Gasteiger charge is 2.37. The molecule has 0 aliphatic rings. The van der Waals surface area contributed by atoms with E-state index in [1.807, 2.05) is 0 Å². The SMILES string of the molecule is O=c1c2ccccc2[nH]c(=S)n1-c1cc(C(F)(F)F)cc(C(F)(F)F)c1. The first-order valence-corrected chi connectivity index (χ1v) is 7.43. The van der Waals surface area contributed by atoms with Crippen molar-refractivity contribution in [2.24, 2.45) is 0 Å². The van der Waals surface area contributed by atoms with E-state index >= 15 is 0 Å². The van der Waals surface area contributed by atoms with E-state index < -0.39 is 34.7 Å². The zero-order chi connectivity index (χ0) is 19.3. The normalized spacial score (nSPS) is 12.5. The third-order valence-corrected chi connectivity index (χ3v) is 3.92. The minimum absolute atomic E-state index is 0.0116. The van der Waals surface area contributed by atoms with Crippen molar-refractivity contribution >= 4 is 23.1 Å². The Morgan fingerprint density at radius 1 is 0.885 bits per heavy atom. The number of halogens is 6. The van der Waals surface area contributed by atoms with Gasteiger partial charge >= 0.3 is 12.4 Å². The maximum absolute atomic E-state index is 13.0. The van der Waals surface area contributed by atoms with Gasteiger partial charge in [0.2, 0.25) is 0 Å². The maximum Gasteiger partial charge on any atom is 0.416 e. The highest BCUT2D eigenvalue weighted by atomic mass is 32.1. The van der Waals surface area contributed by atoms with Gasteiger partial charge in [-0.1, -0.05) is 12.1 Å². The molecule has 0 atom stereocenters. The fourth-order valence-corrected chi connectivity index (χ4v) is 2.76. The molecule has 0 unspecified atom stereocenters. The van der Waals surface area contributed by atoms with Crippen molar-refractivity contribution in [2.45, 2.75) is 12.4 Å². The van der Waals surface area contributed by atoms with Crippen molar-refractivity contribution in [1.82, 2.24) is 9.55 Å². The van der Waals surface area contributed by atoms with E-state index in [1.54, 1.807) is 6.07 Å². The predicted octanol–water partition coefficient (Wildman–Crippen LogP) is 5.09. The summed E-state index contributed by atoms with van der Waals surface area (Å²) in [6.07, 6.45) is -10.1. The summed E-state index contributed by atoms with van der Waals surface area (Å²) in [5.74, 6) is 0. The molecule has 0 spiro atoms. The van der Waals surface area contributed by atoms with E-state index in [2.05, 4.69) is 4.98 Å². The summed E-state index contributed by atoms with van der Waals surface area (Å²) in [5, 5.41) is 0.0760. The summed E-state index contributed by atoms with van der Waals surface area (Å²) < 4.78 is 78.4. The van der Waals surface area contributed by atoms with Crippen LogP contribution in [-0.2, 0) is 12.4 Å². The lowest BCUT2D eigenvalue weighted by Crippen LogP contribution is -2.22. The highest BCUT2D eigenvalue weighted by molar-refractivity contribution is 7.71. The number of aromatic nitrogens is 2. The Labute approximate surface area is 146 Å². The zero-order valence-corrected chi connectivity index (χ0v) is 13.4. The first-order valence-electron chi connectivity index (χ1n) is 7.02. The van der Waals surface area contributed by atoms with Crippen LogP contribution < -0.4 is 5.56 Å². The largest absolute Gasteiger partial charge is 0.416 e. The smallest absolute Gasteiger partial charge is 0.331 e. The molecule has 0 radical (unpaired) electrons. The average Bonchev–Trinajstić information content (AvgIpc) is 2.53. The van der Waals surface area contributed by atoms with Gasteiger partial charge in [-0.15, -0.1) is 0 Å². The topological polar surface area (TPSA) is 37.8 Å². The first-order chi connectivity index (χ1) is 12.0. The molecule has 1 aromatic heterocycles. The van der Waals surface area contributed by atoms with Crippen LogP contribution in [0.5, 0.6) is 0 Å². The number of hydrogen-bond acceptors (Lipinski definition) is 2. The average molecular weight is 390 g/mol. The van der Waals surface area contributed by atoms with Gasteiger partial charge in [-0.3, -0.25) is 9.36 Å². The van der Waals surface area contributed by atoms with E-state index in [4.69, 9.17) is 12.2 Å². The molecule has 0 bridgehead atoms. The molecule has 26 heavy (non-hydrogen) atoms. The van der Waals surface area contributed by atoms with Gasteiger partial charge < -0.3 is 4.98 Å². The number of hydrogen-bond donors (Lipinski definition) is 1. The molecule has 3 nitrogen and oxygen atoms in total. The van der Waals surface area contributed by atoms with Crippen LogP contribution in [0.2, 0.25) is 0 Å². The van der Waals surface area contributed by atoms with Gasteiger partial charge in [0.15, 0.2) is 4.77 Å². The van der Waals surface area contributed by atoms with Crippen LogP contribution in [0.3, 0.4) is 0 Å². The van der Waals surface area contributed by atoms with E-state index in [9.17, 15) is 31.1 Å². The van der Waals surface area contributed by atoms with Gasteiger partial charge in [-0.05, 0) is 42.5 Å². The molecular weight excluding hydrogens is 382 g/mol. The number of rotatable bonds is 1. The number of nitrogens with one attached hydrogen (secondary N) is 1. The van der Waals surface area contributed by atoms with Gasteiger partial charge in [0.25, 0.3) is 5.56 Å². The molecule has 10 heteroatoms. The fourth-order valence-electron chi connectivity index (χ4n) is 2.46. The first kappa shape index (κ1) is 18.2. The van der Waals surface area contributed by atoms with Crippen molar-refractivity contribution in [3.05, 3.63) is 68.7 Å². The summed E-state index contributed by atoms with van der Waals surface area (Å²) in [6, 6.07) is 6.91. The molecule has 0 saturated heterocycles. The van der Waals surface area contributed by atoms with Crippen molar-refractivity contribution < 1.29 is 26.3 Å². The number of alkyl halides is 6. The van der Waals surface area contributed by atoms with Gasteiger partial charge in [-0.25, -0.2) is 0 Å². The van der Waals surface area contributed by atoms with Gasteiger partial charge in [0.05, 0.1) is 27.7 Å². The second-order valence-electron chi connectivity index (χ2n) is 5.38. The fraction of sp³-hybridized carbons (Fsp3) is 0.125. The van der Waals surface area contributed by atoms with Crippen molar-refractivity contribution in [2.75, 3.05) is 0 Å². The van der Waals surface area contributed by atoms with Crippen LogP contribution in [0.15, 0.2) is 47.3 Å². The molecule has 3 rings (SSSR count). The summed E-state index contributed by atoms with van der Waals surface area (Å²) in [6.45, 7) is 0. The molecule has 0 saturated carbocycles. The lowest BCUT2D eigenvalue weighted by molar-refractivity contribution is -0.143. The molecule has 2 aromatic carbocycles. The number of benzene rings is 2. The number of aromatic amines is 1. The standard InChI is InChI=1S/C16H8F6N2OS/c17-15(18,19)8-5-9(16(20,21)22)7-10(6-8)24-13(25)11-3-1-2-4-12(11)23-14(24)26/h1-7H,(H,23,26). The van der Waals surface area contributed by atoms with E-state index in [0.29, 0.717) is 22.2 Å². The monoisotopic (exact) mass is 390 g/mol. The molecule has 1 N–H and O–H groups in total. The Bertz CT molecular complexity index is 1080. The van der Waals surface area contributed by atoms with Crippen LogP contribution in [0.1, 0.15) is 11.1 Å². The number of fused-ring (bicyclic) bond motifs is 1. The van der Waals surface area contributed by atoms with Crippen LogP contribution in [0.25, 0.3) is 16.6 Å². The zero-order valence-electron chi connectivity index (χ0n) is 12.6. The molecule has 136 valence electrons.